The number of benzene rings is 3. The summed E-state index contributed by atoms with van der Waals surface area (Å²) in [5, 5.41) is 3.81. The van der Waals surface area contributed by atoms with E-state index in [0.717, 1.165) is 49.7 Å². The minimum Gasteiger partial charge on any atom is -0.495 e. The number of carbonyl (C=O) groups excluding carboxylic acids is 2. The van der Waals surface area contributed by atoms with Crippen LogP contribution in [0.2, 0.25) is 0 Å². The Hall–Kier alpha value is -4.59. The monoisotopic (exact) mass is 508 g/mol. The number of hydrogen-bond donors (Lipinski definition) is 2. The number of aryl methyl sites for hydroxylation is 2. The van der Waals surface area contributed by atoms with E-state index in [9.17, 15) is 9.59 Å². The molecular weight excluding hydrogens is 480 g/mol. The van der Waals surface area contributed by atoms with Gasteiger partial charge in [0.25, 0.3) is 5.91 Å². The maximum atomic E-state index is 13.6. The van der Waals surface area contributed by atoms with E-state index in [0.29, 0.717) is 22.7 Å². The molecule has 38 heavy (non-hydrogen) atoms. The molecule has 3 aromatic carbocycles. The Morgan fingerprint density at radius 2 is 1.84 bits per heavy atom. The number of amides is 2. The Kier molecular flexibility index (Phi) is 6.07. The average molecular weight is 509 g/mol. The molecule has 3 N–H and O–H groups in total. The molecule has 2 amide bonds. The summed E-state index contributed by atoms with van der Waals surface area (Å²) >= 11 is 0. The van der Waals surface area contributed by atoms with Gasteiger partial charge in [-0.25, -0.2) is 4.99 Å². The predicted octanol–water partition coefficient (Wildman–Crippen LogP) is 4.72. The number of carbonyl (C=O) groups is 2. The minimum absolute atomic E-state index is 0.163. The maximum absolute atomic E-state index is 13.6. The molecule has 0 saturated carbocycles. The molecule has 0 unspecified atom stereocenters. The summed E-state index contributed by atoms with van der Waals surface area (Å²) in [5.74, 6) is -0.384. The fourth-order valence-corrected chi connectivity index (χ4v) is 5.48. The Balaban J connectivity index is 1.56. The number of methoxy groups -OCH3 is 1. The van der Waals surface area contributed by atoms with Crippen LogP contribution in [0.4, 0.5) is 17.1 Å². The summed E-state index contributed by atoms with van der Waals surface area (Å²) in [6.45, 7) is 2.09. The van der Waals surface area contributed by atoms with E-state index in [-0.39, 0.29) is 17.0 Å². The van der Waals surface area contributed by atoms with Crippen molar-refractivity contribution in [1.29, 1.82) is 0 Å². The number of nitrogens with one attached hydrogen (secondary N) is 1. The molecule has 3 heterocycles. The quantitative estimate of drug-likeness (QED) is 0.405. The van der Waals surface area contributed by atoms with Crippen LogP contribution < -0.4 is 26.2 Å². The third-order valence-electron chi connectivity index (χ3n) is 7.19. The molecule has 1 aromatic heterocycles. The normalized spacial score (nSPS) is 14.8. The second-order valence-electron chi connectivity index (χ2n) is 9.62. The van der Waals surface area contributed by atoms with Crippen molar-refractivity contribution in [2.75, 3.05) is 30.4 Å². The lowest BCUT2D eigenvalue weighted by Crippen LogP contribution is -2.34. The van der Waals surface area contributed by atoms with Gasteiger partial charge in [-0.05, 0) is 73.7 Å². The molecule has 4 aromatic rings. The van der Waals surface area contributed by atoms with Crippen LogP contribution in [-0.2, 0) is 12.8 Å². The molecule has 0 aliphatic carbocycles. The minimum atomic E-state index is -0.553. The van der Waals surface area contributed by atoms with Gasteiger partial charge in [0.15, 0.2) is 0 Å². The van der Waals surface area contributed by atoms with Gasteiger partial charge in [0.05, 0.1) is 18.5 Å². The molecule has 0 saturated heterocycles. The van der Waals surface area contributed by atoms with Crippen molar-refractivity contribution < 1.29 is 18.7 Å². The molecular formula is C30H28N4O4. The SMILES string of the molecule is COc1ccccc1NC(=O)c1cc2cc3c4c(c2oc1=Nc1cccc(C(N)=O)c1)CCCN4CCC3. The summed E-state index contributed by atoms with van der Waals surface area (Å²) in [6, 6.07) is 17.9. The van der Waals surface area contributed by atoms with Crippen LogP contribution >= 0.6 is 0 Å². The lowest BCUT2D eigenvalue weighted by atomic mass is 9.90. The Morgan fingerprint density at radius 3 is 2.66 bits per heavy atom. The number of rotatable bonds is 5. The zero-order valence-corrected chi connectivity index (χ0v) is 21.1. The second kappa shape index (κ2) is 9.70. The first-order valence-corrected chi connectivity index (χ1v) is 12.8. The van der Waals surface area contributed by atoms with Crippen LogP contribution in [0.3, 0.4) is 0 Å². The van der Waals surface area contributed by atoms with Crippen LogP contribution in [0.1, 0.15) is 44.7 Å². The lowest BCUT2D eigenvalue weighted by Gasteiger charge is -2.37. The van der Waals surface area contributed by atoms with Gasteiger partial charge in [-0.1, -0.05) is 18.2 Å². The Labute approximate surface area is 219 Å². The third kappa shape index (κ3) is 4.28. The second-order valence-corrected chi connectivity index (χ2v) is 9.62. The van der Waals surface area contributed by atoms with Crippen LogP contribution in [0.5, 0.6) is 5.75 Å². The molecule has 0 bridgehead atoms. The van der Waals surface area contributed by atoms with Gasteiger partial charge in [-0.3, -0.25) is 9.59 Å². The van der Waals surface area contributed by atoms with Crippen LogP contribution in [0.25, 0.3) is 11.0 Å². The number of fused-ring (bicyclic) bond motifs is 2. The molecule has 0 radical (unpaired) electrons. The number of para-hydroxylation sites is 2. The Morgan fingerprint density at radius 1 is 1.03 bits per heavy atom. The molecule has 6 rings (SSSR count). The number of hydrogen-bond acceptors (Lipinski definition) is 6. The van der Waals surface area contributed by atoms with Gasteiger partial charge in [-0.2, -0.15) is 0 Å². The summed E-state index contributed by atoms with van der Waals surface area (Å²) in [6.07, 6.45) is 4.07. The number of anilines is 2. The fraction of sp³-hybridized carbons (Fsp3) is 0.233. The van der Waals surface area contributed by atoms with Gasteiger partial charge in [0, 0.05) is 35.3 Å². The molecule has 8 nitrogen and oxygen atoms in total. The van der Waals surface area contributed by atoms with Crippen LogP contribution in [0, 0.1) is 0 Å². The zero-order valence-electron chi connectivity index (χ0n) is 21.1. The summed E-state index contributed by atoms with van der Waals surface area (Å²) in [7, 11) is 1.56. The summed E-state index contributed by atoms with van der Waals surface area (Å²) in [5.41, 5.74) is 11.7. The average Bonchev–Trinajstić information content (AvgIpc) is 2.94. The van der Waals surface area contributed by atoms with Crippen molar-refractivity contribution in [3.63, 3.8) is 0 Å². The summed E-state index contributed by atoms with van der Waals surface area (Å²) < 4.78 is 11.9. The number of primary amides is 1. The highest BCUT2D eigenvalue weighted by molar-refractivity contribution is 6.06. The number of ether oxygens (including phenoxy) is 1. The highest BCUT2D eigenvalue weighted by atomic mass is 16.5. The highest BCUT2D eigenvalue weighted by Crippen LogP contribution is 2.40. The van der Waals surface area contributed by atoms with Gasteiger partial charge in [-0.15, -0.1) is 0 Å². The van der Waals surface area contributed by atoms with E-state index in [4.69, 9.17) is 14.9 Å². The standard InChI is InChI=1S/C30H28N4O4/c1-37-25-12-3-2-11-24(25)33-29(36)23-17-20-15-18-8-5-13-34-14-6-10-22(26(18)34)27(20)38-30(23)32-21-9-4-7-19(16-21)28(31)35/h2-4,7,9,11-12,15-17H,5-6,8,10,13-14H2,1H3,(H2,31,35)(H,33,36). The number of nitrogens with two attached hydrogens (primary N) is 1. The van der Waals surface area contributed by atoms with Crippen molar-refractivity contribution in [1.82, 2.24) is 0 Å². The largest absolute Gasteiger partial charge is 0.495 e. The van der Waals surface area contributed by atoms with Crippen molar-refractivity contribution in [2.24, 2.45) is 10.7 Å². The molecule has 2 aliphatic heterocycles. The van der Waals surface area contributed by atoms with E-state index in [2.05, 4.69) is 21.3 Å². The van der Waals surface area contributed by atoms with Crippen LogP contribution in [-0.4, -0.2) is 32.0 Å². The lowest BCUT2D eigenvalue weighted by molar-refractivity contribution is 0.0997. The molecule has 0 spiro atoms. The van der Waals surface area contributed by atoms with Gasteiger partial charge < -0.3 is 25.1 Å². The van der Waals surface area contributed by atoms with E-state index in [1.807, 2.05) is 18.2 Å². The van der Waals surface area contributed by atoms with Crippen molar-refractivity contribution >= 4 is 39.8 Å². The highest BCUT2D eigenvalue weighted by Gasteiger charge is 2.27. The third-order valence-corrected chi connectivity index (χ3v) is 7.19. The zero-order chi connectivity index (χ0) is 26.2. The number of nitrogens with zero attached hydrogens (tertiary/aromatic N) is 2. The van der Waals surface area contributed by atoms with Crippen molar-refractivity contribution in [3.8, 4) is 5.75 Å². The van der Waals surface area contributed by atoms with E-state index in [1.54, 1.807) is 43.5 Å². The topological polar surface area (TPSA) is 110 Å². The van der Waals surface area contributed by atoms with Crippen molar-refractivity contribution in [2.45, 2.75) is 25.7 Å². The predicted molar refractivity (Wildman–Crippen MR) is 146 cm³/mol. The summed E-state index contributed by atoms with van der Waals surface area (Å²) in [4.78, 5) is 32.5. The fourth-order valence-electron chi connectivity index (χ4n) is 5.48. The van der Waals surface area contributed by atoms with Gasteiger partial charge in [0.1, 0.15) is 16.9 Å². The van der Waals surface area contributed by atoms with E-state index in [1.165, 1.54) is 16.8 Å². The molecule has 8 heteroatoms. The molecule has 2 aliphatic rings. The van der Waals surface area contributed by atoms with E-state index < -0.39 is 5.91 Å². The molecule has 192 valence electrons. The van der Waals surface area contributed by atoms with Crippen LogP contribution in [0.15, 0.2) is 70.1 Å². The first-order chi connectivity index (χ1) is 18.5. The molecule has 0 atom stereocenters. The smallest absolute Gasteiger partial charge is 0.261 e. The van der Waals surface area contributed by atoms with E-state index >= 15 is 0 Å². The maximum Gasteiger partial charge on any atom is 0.261 e. The van der Waals surface area contributed by atoms with Gasteiger partial charge in [0.2, 0.25) is 11.5 Å². The first kappa shape index (κ1) is 23.8. The van der Waals surface area contributed by atoms with Gasteiger partial charge >= 0.3 is 0 Å². The van der Waals surface area contributed by atoms with Crippen molar-refractivity contribution in [3.05, 3.63) is 88.5 Å². The first-order valence-electron chi connectivity index (χ1n) is 12.8. The Bertz CT molecular complexity index is 1650. The molecule has 0 fully saturated rings.